The summed E-state index contributed by atoms with van der Waals surface area (Å²) < 4.78 is 7.00. The molecule has 0 aliphatic rings. The summed E-state index contributed by atoms with van der Waals surface area (Å²) in [5, 5.41) is 2.46. The zero-order valence-electron chi connectivity index (χ0n) is 18.0. The van der Waals surface area contributed by atoms with Crippen molar-refractivity contribution in [3.8, 4) is 0 Å². The molecule has 0 fully saturated rings. The van der Waals surface area contributed by atoms with Gasteiger partial charge in [-0.1, -0.05) is 93.6 Å². The maximum absolute atomic E-state index is 11.9. The van der Waals surface area contributed by atoms with Crippen molar-refractivity contribution in [2.75, 3.05) is 0 Å². The summed E-state index contributed by atoms with van der Waals surface area (Å²) in [6.07, 6.45) is 0. The molecule has 0 unspecified atom stereocenters. The molecule has 2 nitrogen and oxygen atoms in total. The number of aryl methyl sites for hydroxylation is 1. The van der Waals surface area contributed by atoms with E-state index in [1.54, 1.807) is 6.92 Å². The van der Waals surface area contributed by atoms with Crippen molar-refractivity contribution >= 4 is 24.5 Å². The number of hydrogen-bond acceptors (Lipinski definition) is 2. The maximum atomic E-state index is 11.9. The van der Waals surface area contributed by atoms with E-state index in [4.69, 9.17) is 4.43 Å². The van der Waals surface area contributed by atoms with Crippen LogP contribution in [-0.2, 0) is 11.0 Å². The van der Waals surface area contributed by atoms with Crippen LogP contribution >= 0.6 is 0 Å². The molecule has 0 atom stereocenters. The molecule has 0 saturated heterocycles. The summed E-state index contributed by atoms with van der Waals surface area (Å²) >= 11 is 0. The summed E-state index contributed by atoms with van der Waals surface area (Å²) in [6.45, 7) is 11.0. The largest absolute Gasteiger partial charge is 0.403 e. The van der Waals surface area contributed by atoms with Crippen LogP contribution in [0.3, 0.4) is 0 Å². The normalized spacial score (nSPS) is 12.0. The van der Waals surface area contributed by atoms with Crippen LogP contribution in [0.15, 0.2) is 78.9 Å². The van der Waals surface area contributed by atoms with Gasteiger partial charge in [0, 0.05) is 5.56 Å². The predicted molar refractivity (Wildman–Crippen MR) is 124 cm³/mol. The van der Waals surface area contributed by atoms with Crippen molar-refractivity contribution in [1.29, 1.82) is 0 Å². The van der Waals surface area contributed by atoms with Crippen molar-refractivity contribution in [1.82, 2.24) is 0 Å². The van der Waals surface area contributed by atoms with Crippen LogP contribution in [-0.4, -0.2) is 14.1 Å². The van der Waals surface area contributed by atoms with Crippen LogP contribution in [0.2, 0.25) is 5.04 Å². The quantitative estimate of drug-likeness (QED) is 0.414. The Kier molecular flexibility index (Phi) is 6.20. The van der Waals surface area contributed by atoms with Crippen LogP contribution in [0.25, 0.3) is 0 Å². The van der Waals surface area contributed by atoms with Gasteiger partial charge in [0.2, 0.25) is 0 Å². The Labute approximate surface area is 175 Å². The third kappa shape index (κ3) is 4.26. The van der Waals surface area contributed by atoms with Gasteiger partial charge in [0.05, 0.1) is 6.61 Å². The lowest BCUT2D eigenvalue weighted by Crippen LogP contribution is -2.66. The number of hydrogen-bond donors (Lipinski definition) is 0. The summed E-state index contributed by atoms with van der Waals surface area (Å²) in [7, 11) is -2.58. The van der Waals surface area contributed by atoms with Gasteiger partial charge in [-0.2, -0.15) is 0 Å². The number of carbonyl (C=O) groups is 1. The van der Waals surface area contributed by atoms with Gasteiger partial charge >= 0.3 is 0 Å². The number of carbonyl (C=O) groups excluding carboxylic acids is 1. The van der Waals surface area contributed by atoms with Gasteiger partial charge < -0.3 is 4.43 Å². The second kappa shape index (κ2) is 8.48. The van der Waals surface area contributed by atoms with Crippen LogP contribution < -0.4 is 10.4 Å². The third-order valence-electron chi connectivity index (χ3n) is 5.62. The van der Waals surface area contributed by atoms with Gasteiger partial charge in [-0.15, -0.1) is 0 Å². The first kappa shape index (κ1) is 21.2. The zero-order chi connectivity index (χ0) is 21.1. The summed E-state index contributed by atoms with van der Waals surface area (Å²) in [5.74, 6) is 0.0803. The van der Waals surface area contributed by atoms with E-state index in [9.17, 15) is 4.79 Å². The minimum Gasteiger partial charge on any atom is -0.403 e. The Morgan fingerprint density at radius 3 is 1.83 bits per heavy atom. The molecule has 0 bridgehead atoms. The lowest BCUT2D eigenvalue weighted by molar-refractivity contribution is 0.101. The second-order valence-electron chi connectivity index (χ2n) is 8.65. The Hall–Kier alpha value is -2.49. The maximum Gasteiger partial charge on any atom is 0.261 e. The Bertz CT molecular complexity index is 933. The van der Waals surface area contributed by atoms with Crippen molar-refractivity contribution in [3.63, 3.8) is 0 Å². The molecular formula is C26H30O2Si. The van der Waals surface area contributed by atoms with E-state index in [-0.39, 0.29) is 10.8 Å². The molecule has 0 spiro atoms. The number of ketones is 1. The van der Waals surface area contributed by atoms with E-state index in [1.807, 2.05) is 18.2 Å². The van der Waals surface area contributed by atoms with E-state index in [2.05, 4.69) is 88.4 Å². The molecule has 3 aromatic carbocycles. The fraction of sp³-hybridized carbons (Fsp3) is 0.269. The Balaban J connectivity index is 2.12. The summed E-state index contributed by atoms with van der Waals surface area (Å²) in [4.78, 5) is 11.9. The Morgan fingerprint density at radius 1 is 0.862 bits per heavy atom. The molecule has 29 heavy (non-hydrogen) atoms. The number of rotatable bonds is 6. The smallest absolute Gasteiger partial charge is 0.261 e. The number of Topliss-reactive ketones (excluding diaryl/α,β-unsaturated/α-hetero) is 1. The van der Waals surface area contributed by atoms with E-state index in [0.717, 1.165) is 16.7 Å². The van der Waals surface area contributed by atoms with Crippen molar-refractivity contribution in [2.24, 2.45) is 0 Å². The van der Waals surface area contributed by atoms with Gasteiger partial charge in [-0.25, -0.2) is 0 Å². The SMILES string of the molecule is CC(=O)c1ccc(C)c(CO[Si](c2ccccc2)(c2ccccc2)C(C)(C)C)c1. The molecule has 0 amide bonds. The molecule has 3 rings (SSSR count). The molecule has 0 heterocycles. The van der Waals surface area contributed by atoms with Crippen LogP contribution in [0.4, 0.5) is 0 Å². The predicted octanol–water partition coefficient (Wildman–Crippen LogP) is 5.27. The highest BCUT2D eigenvalue weighted by Crippen LogP contribution is 2.37. The first-order valence-corrected chi connectivity index (χ1v) is 12.0. The molecule has 3 aromatic rings. The van der Waals surface area contributed by atoms with Crippen molar-refractivity contribution in [2.45, 2.75) is 46.3 Å². The van der Waals surface area contributed by atoms with Crippen LogP contribution in [0.1, 0.15) is 49.2 Å². The molecule has 0 N–H and O–H groups in total. The molecule has 0 aromatic heterocycles. The first-order chi connectivity index (χ1) is 13.8. The molecule has 3 heteroatoms. The molecular weight excluding hydrogens is 372 g/mol. The monoisotopic (exact) mass is 402 g/mol. The summed E-state index contributed by atoms with van der Waals surface area (Å²) in [6, 6.07) is 27.2. The highest BCUT2D eigenvalue weighted by molar-refractivity contribution is 6.99. The van der Waals surface area contributed by atoms with E-state index in [0.29, 0.717) is 6.61 Å². The molecule has 0 radical (unpaired) electrons. The van der Waals surface area contributed by atoms with Gasteiger partial charge in [-0.3, -0.25) is 4.79 Å². The Morgan fingerprint density at radius 2 is 1.38 bits per heavy atom. The molecule has 0 saturated carbocycles. The van der Waals surface area contributed by atoms with Crippen molar-refractivity contribution in [3.05, 3.63) is 95.6 Å². The van der Waals surface area contributed by atoms with Crippen LogP contribution in [0, 0.1) is 6.92 Å². The molecule has 0 aliphatic carbocycles. The lowest BCUT2D eigenvalue weighted by Gasteiger charge is -2.43. The third-order valence-corrected chi connectivity index (χ3v) is 10.6. The standard InChI is InChI=1S/C26H30O2Si/c1-20-16-17-22(21(2)27)18-23(20)19-28-29(26(3,4)5,24-12-8-6-9-13-24)25-14-10-7-11-15-25/h6-18H,19H2,1-5H3. The fourth-order valence-electron chi connectivity index (χ4n) is 3.99. The van der Waals surface area contributed by atoms with E-state index in [1.165, 1.54) is 10.4 Å². The highest BCUT2D eigenvalue weighted by atomic mass is 28.4. The van der Waals surface area contributed by atoms with E-state index < -0.39 is 8.32 Å². The second-order valence-corrected chi connectivity index (χ2v) is 13.0. The minimum atomic E-state index is -2.58. The fourth-order valence-corrected chi connectivity index (χ4v) is 8.52. The molecule has 150 valence electrons. The zero-order valence-corrected chi connectivity index (χ0v) is 19.0. The summed E-state index contributed by atoms with van der Waals surface area (Å²) in [5.41, 5.74) is 2.95. The minimum absolute atomic E-state index is 0.0677. The lowest BCUT2D eigenvalue weighted by atomic mass is 10.0. The molecule has 0 aliphatic heterocycles. The average molecular weight is 403 g/mol. The van der Waals surface area contributed by atoms with Crippen LogP contribution in [0.5, 0.6) is 0 Å². The van der Waals surface area contributed by atoms with Gasteiger partial charge in [0.25, 0.3) is 8.32 Å². The van der Waals surface area contributed by atoms with E-state index >= 15 is 0 Å². The average Bonchev–Trinajstić information content (AvgIpc) is 2.70. The first-order valence-electron chi connectivity index (χ1n) is 10.1. The topological polar surface area (TPSA) is 26.3 Å². The van der Waals surface area contributed by atoms with Gasteiger partial charge in [0.1, 0.15) is 0 Å². The number of benzene rings is 3. The van der Waals surface area contributed by atoms with Crippen molar-refractivity contribution < 1.29 is 9.22 Å². The van der Waals surface area contributed by atoms with Gasteiger partial charge in [-0.05, 0) is 46.5 Å². The van der Waals surface area contributed by atoms with Gasteiger partial charge in [0.15, 0.2) is 5.78 Å². The highest BCUT2D eigenvalue weighted by Gasteiger charge is 2.50.